The molecular formula is C31H34FN9O2. The minimum atomic E-state index is -0.542. The van der Waals surface area contributed by atoms with Crippen LogP contribution in [-0.4, -0.2) is 79.9 Å². The van der Waals surface area contributed by atoms with Crippen molar-refractivity contribution in [3.63, 3.8) is 0 Å². The summed E-state index contributed by atoms with van der Waals surface area (Å²) in [6.45, 7) is 6.41. The van der Waals surface area contributed by atoms with Crippen LogP contribution in [0.1, 0.15) is 22.7 Å². The lowest BCUT2D eigenvalue weighted by atomic mass is 9.95. The molecular weight excluding hydrogens is 549 g/mol. The summed E-state index contributed by atoms with van der Waals surface area (Å²) >= 11 is 0. The van der Waals surface area contributed by atoms with Crippen molar-refractivity contribution in [2.45, 2.75) is 25.8 Å². The molecule has 0 radical (unpaired) electrons. The number of anilines is 1. The first-order chi connectivity index (χ1) is 20.8. The zero-order valence-corrected chi connectivity index (χ0v) is 24.6. The number of pyridine rings is 2. The van der Waals surface area contributed by atoms with Crippen molar-refractivity contribution in [2.24, 2.45) is 7.05 Å². The number of likely N-dealkylation sites (tertiary alicyclic amines) is 1. The zero-order valence-electron chi connectivity index (χ0n) is 24.6. The van der Waals surface area contributed by atoms with Crippen LogP contribution in [0, 0.1) is 19.8 Å². The summed E-state index contributed by atoms with van der Waals surface area (Å²) in [7, 11) is 3.53. The number of benzene rings is 1. The first-order valence-corrected chi connectivity index (χ1v) is 14.2. The molecule has 1 aliphatic rings. The Bertz CT molecular complexity index is 1770. The molecule has 5 heterocycles. The van der Waals surface area contributed by atoms with Crippen molar-refractivity contribution in [3.8, 4) is 16.9 Å². The Hall–Kier alpha value is -4.68. The summed E-state index contributed by atoms with van der Waals surface area (Å²) in [5, 5.41) is 16.6. The summed E-state index contributed by atoms with van der Waals surface area (Å²) in [6, 6.07) is 14.3. The van der Waals surface area contributed by atoms with E-state index in [0.717, 1.165) is 39.1 Å². The van der Waals surface area contributed by atoms with Gasteiger partial charge in [0, 0.05) is 68.6 Å². The van der Waals surface area contributed by atoms with Gasteiger partial charge in [-0.1, -0.05) is 18.2 Å². The molecule has 5 aromatic rings. The van der Waals surface area contributed by atoms with E-state index >= 15 is 0 Å². The molecule has 1 saturated heterocycles. The van der Waals surface area contributed by atoms with Gasteiger partial charge in [-0.15, -0.1) is 0 Å². The first kappa shape index (κ1) is 28.4. The minimum absolute atomic E-state index is 0.115. The summed E-state index contributed by atoms with van der Waals surface area (Å²) in [4.78, 5) is 24.2. The molecule has 1 fully saturated rings. The fourth-order valence-corrected chi connectivity index (χ4v) is 5.84. The highest BCUT2D eigenvalue weighted by Gasteiger charge is 2.35. The number of carbonyl (C=O) groups excluding carboxylic acids is 1. The van der Waals surface area contributed by atoms with Crippen LogP contribution in [0.25, 0.3) is 28.0 Å². The van der Waals surface area contributed by atoms with Crippen LogP contribution in [0.3, 0.4) is 0 Å². The average molecular weight is 584 g/mol. The minimum Gasteiger partial charge on any atom is -0.383 e. The third-order valence-corrected chi connectivity index (χ3v) is 7.99. The molecule has 0 saturated carbocycles. The number of hydrogen-bond donors (Lipinski definition) is 2. The molecule has 11 nitrogen and oxygen atoms in total. The Morgan fingerprint density at radius 3 is 2.67 bits per heavy atom. The van der Waals surface area contributed by atoms with Crippen LogP contribution in [0.5, 0.6) is 0 Å². The standard InChI is InChI=1S/C31H34FN9O2/c1-19-28(22-14-24-20(2)37-39(3)30(24)34-16-22)38-41(23-8-6-5-7-9-23)29(19)36-31(42)35-26-18-40(12-13-43-4)17-25(26)21-10-11-33-27(32)15-21/h5-11,14-16,25-26H,12-13,17-18H2,1-4H3,(H2,35,36,42)/t25-,26+/m0/s1. The number of methoxy groups -OCH3 is 1. The molecule has 2 amide bonds. The van der Waals surface area contributed by atoms with Crippen LogP contribution in [0.4, 0.5) is 15.0 Å². The number of rotatable bonds is 8. The van der Waals surface area contributed by atoms with E-state index in [0.29, 0.717) is 37.8 Å². The number of para-hydroxylation sites is 1. The molecule has 12 heteroatoms. The molecule has 2 atom stereocenters. The molecule has 0 unspecified atom stereocenters. The molecule has 0 spiro atoms. The zero-order chi connectivity index (χ0) is 30.1. The third kappa shape index (κ3) is 5.71. The number of carbonyl (C=O) groups is 1. The second-order valence-corrected chi connectivity index (χ2v) is 10.8. The lowest BCUT2D eigenvalue weighted by molar-refractivity contribution is 0.159. The summed E-state index contributed by atoms with van der Waals surface area (Å²) in [5.74, 6) is -0.112. The maximum absolute atomic E-state index is 14.0. The fraction of sp³-hybridized carbons (Fsp3) is 0.323. The molecule has 6 rings (SSSR count). The Labute approximate surface area is 248 Å². The van der Waals surface area contributed by atoms with Gasteiger partial charge in [-0.25, -0.2) is 19.4 Å². The largest absolute Gasteiger partial charge is 0.383 e. The number of aryl methyl sites for hydroxylation is 2. The van der Waals surface area contributed by atoms with Gasteiger partial charge in [-0.2, -0.15) is 14.6 Å². The van der Waals surface area contributed by atoms with E-state index in [1.807, 2.05) is 57.3 Å². The van der Waals surface area contributed by atoms with Gasteiger partial charge in [0.05, 0.1) is 29.7 Å². The van der Waals surface area contributed by atoms with Gasteiger partial charge >= 0.3 is 6.03 Å². The van der Waals surface area contributed by atoms with Crippen molar-refractivity contribution in [1.82, 2.24) is 39.7 Å². The lowest BCUT2D eigenvalue weighted by Gasteiger charge is -2.21. The first-order valence-electron chi connectivity index (χ1n) is 14.2. The molecule has 4 aromatic heterocycles. The highest BCUT2D eigenvalue weighted by molar-refractivity contribution is 5.92. The fourth-order valence-electron chi connectivity index (χ4n) is 5.84. The smallest absolute Gasteiger partial charge is 0.320 e. The van der Waals surface area contributed by atoms with Gasteiger partial charge < -0.3 is 10.1 Å². The number of hydrogen-bond acceptors (Lipinski definition) is 7. The Morgan fingerprint density at radius 2 is 1.91 bits per heavy atom. The molecule has 222 valence electrons. The predicted octanol–water partition coefficient (Wildman–Crippen LogP) is 4.21. The number of aromatic nitrogens is 6. The molecule has 0 bridgehead atoms. The number of fused-ring (bicyclic) bond motifs is 1. The van der Waals surface area contributed by atoms with Gasteiger partial charge in [0.2, 0.25) is 5.95 Å². The topological polar surface area (TPSA) is 115 Å². The molecule has 1 aliphatic heterocycles. The number of halogens is 1. The van der Waals surface area contributed by atoms with Crippen LogP contribution in [0.2, 0.25) is 0 Å². The number of nitrogens with zero attached hydrogens (tertiary/aromatic N) is 7. The van der Waals surface area contributed by atoms with Crippen molar-refractivity contribution in [3.05, 3.63) is 83.7 Å². The second kappa shape index (κ2) is 11.9. The number of ether oxygens (including phenoxy) is 1. The van der Waals surface area contributed by atoms with Gasteiger partial charge in [0.15, 0.2) is 5.65 Å². The van der Waals surface area contributed by atoms with E-state index in [-0.39, 0.29) is 18.0 Å². The van der Waals surface area contributed by atoms with Gasteiger partial charge in [0.25, 0.3) is 0 Å². The summed E-state index contributed by atoms with van der Waals surface area (Å²) < 4.78 is 22.8. The number of nitrogens with one attached hydrogen (secondary N) is 2. The van der Waals surface area contributed by atoms with E-state index in [4.69, 9.17) is 9.84 Å². The van der Waals surface area contributed by atoms with Crippen LogP contribution < -0.4 is 10.6 Å². The highest BCUT2D eigenvalue weighted by atomic mass is 19.1. The van der Waals surface area contributed by atoms with Crippen molar-refractivity contribution in [2.75, 3.05) is 38.7 Å². The Kier molecular flexibility index (Phi) is 7.87. The van der Waals surface area contributed by atoms with Crippen LogP contribution >= 0.6 is 0 Å². The molecule has 43 heavy (non-hydrogen) atoms. The predicted molar refractivity (Wildman–Crippen MR) is 162 cm³/mol. The maximum Gasteiger partial charge on any atom is 0.320 e. The normalized spacial score (nSPS) is 17.0. The SMILES string of the molecule is COCCN1C[C@@H](NC(=O)Nc2c(C)c(-c3cnc4c(c3)c(C)nn4C)nn2-c2ccccc2)[C@H](c2ccnc(F)c2)C1. The molecule has 2 N–H and O–H groups in total. The van der Waals surface area contributed by atoms with E-state index in [1.54, 1.807) is 28.7 Å². The molecule has 0 aliphatic carbocycles. The Balaban J connectivity index is 1.31. The highest BCUT2D eigenvalue weighted by Crippen LogP contribution is 2.33. The second-order valence-electron chi connectivity index (χ2n) is 10.8. The summed E-state index contributed by atoms with van der Waals surface area (Å²) in [6.07, 6.45) is 3.24. The monoisotopic (exact) mass is 583 g/mol. The maximum atomic E-state index is 14.0. The Morgan fingerprint density at radius 1 is 1.09 bits per heavy atom. The van der Waals surface area contributed by atoms with E-state index < -0.39 is 5.95 Å². The molecule has 1 aromatic carbocycles. The number of urea groups is 1. The van der Waals surface area contributed by atoms with Crippen LogP contribution in [0.15, 0.2) is 60.9 Å². The van der Waals surface area contributed by atoms with E-state index in [1.165, 1.54) is 12.3 Å². The van der Waals surface area contributed by atoms with E-state index in [2.05, 4.69) is 30.6 Å². The lowest BCUT2D eigenvalue weighted by Crippen LogP contribution is -2.42. The summed E-state index contributed by atoms with van der Waals surface area (Å²) in [5.41, 5.74) is 5.58. The van der Waals surface area contributed by atoms with Gasteiger partial charge in [-0.05, 0) is 49.7 Å². The average Bonchev–Trinajstić information content (AvgIpc) is 3.65. The van der Waals surface area contributed by atoms with Crippen molar-refractivity contribution >= 4 is 22.9 Å². The van der Waals surface area contributed by atoms with E-state index in [9.17, 15) is 9.18 Å². The van der Waals surface area contributed by atoms with Gasteiger partial charge in [-0.3, -0.25) is 14.9 Å². The van der Waals surface area contributed by atoms with Crippen molar-refractivity contribution < 1.29 is 13.9 Å². The third-order valence-electron chi connectivity index (χ3n) is 7.99. The quantitative estimate of drug-likeness (QED) is 0.263. The van der Waals surface area contributed by atoms with Crippen molar-refractivity contribution in [1.29, 1.82) is 0 Å². The van der Waals surface area contributed by atoms with Crippen LogP contribution in [-0.2, 0) is 11.8 Å². The number of amides is 2. The van der Waals surface area contributed by atoms with Gasteiger partial charge in [0.1, 0.15) is 5.82 Å².